The Kier molecular flexibility index (Phi) is 11.8. The van der Waals surface area contributed by atoms with Gasteiger partial charge >= 0.3 is 0 Å². The quantitative estimate of drug-likeness (QED) is 0.122. The van der Waals surface area contributed by atoms with Crippen molar-refractivity contribution in [2.75, 3.05) is 14.7 Å². The molecule has 3 heterocycles. The lowest BCUT2D eigenvalue weighted by molar-refractivity contribution is 1.17. The van der Waals surface area contributed by atoms with Crippen molar-refractivity contribution in [3.8, 4) is 17.1 Å². The van der Waals surface area contributed by atoms with Crippen LogP contribution in [0.2, 0.25) is 0 Å². The van der Waals surface area contributed by atoms with E-state index in [9.17, 15) is 0 Å². The molecule has 0 fully saturated rings. The Labute approximate surface area is 487 Å². The van der Waals surface area contributed by atoms with Gasteiger partial charge in [0.1, 0.15) is 0 Å². The maximum absolute atomic E-state index is 2.55. The van der Waals surface area contributed by atoms with Crippen LogP contribution >= 0.6 is 0 Å². The van der Waals surface area contributed by atoms with E-state index in [1.807, 2.05) is 0 Å². The number of rotatable bonds is 12. The molecule has 3 aromatic heterocycles. The van der Waals surface area contributed by atoms with Crippen molar-refractivity contribution in [1.82, 2.24) is 13.7 Å². The SMILES string of the molecule is c1ccc(N(c2ccccc2)c2ccc3c(c2)c2c(c4c5cc(N(c6ccccc6)c6ccccc6)ccc5n(-c5ccccc5)c4c4c5cc(N(c6ccccc6)c6ccccc6)ccc5n(-c5ccccc5)c24)n3-c2ccccc2)cc1. The van der Waals surface area contributed by atoms with E-state index < -0.39 is 0 Å². The van der Waals surface area contributed by atoms with Crippen LogP contribution in [-0.4, -0.2) is 13.7 Å². The fourth-order valence-electron chi connectivity index (χ4n) is 13.0. The van der Waals surface area contributed by atoms with Crippen LogP contribution in [0.25, 0.3) is 82.5 Å². The minimum atomic E-state index is 1.06. The Hall–Kier alpha value is -11.3. The second kappa shape index (κ2) is 20.3. The summed E-state index contributed by atoms with van der Waals surface area (Å²) >= 11 is 0. The largest absolute Gasteiger partial charge is 0.310 e. The average Bonchev–Trinajstić information content (AvgIpc) is 1.79. The molecule has 0 saturated carbocycles. The Morgan fingerprint density at radius 3 is 0.571 bits per heavy atom. The molecule has 0 aliphatic heterocycles. The van der Waals surface area contributed by atoms with Crippen LogP contribution in [0.4, 0.5) is 51.2 Å². The predicted molar refractivity (Wildman–Crippen MR) is 354 cm³/mol. The molecule has 84 heavy (non-hydrogen) atoms. The van der Waals surface area contributed by atoms with Gasteiger partial charge in [0.2, 0.25) is 0 Å². The van der Waals surface area contributed by atoms with E-state index in [0.717, 1.165) is 134 Å². The highest BCUT2D eigenvalue weighted by Crippen LogP contribution is 2.53. The lowest BCUT2D eigenvalue weighted by atomic mass is 10.0. The van der Waals surface area contributed by atoms with Crippen LogP contribution in [0.1, 0.15) is 0 Å². The number of hydrogen-bond donors (Lipinski definition) is 0. The van der Waals surface area contributed by atoms with E-state index in [0.29, 0.717) is 0 Å². The molecule has 16 rings (SSSR count). The van der Waals surface area contributed by atoms with Crippen LogP contribution in [-0.2, 0) is 0 Å². The second-order valence-corrected chi connectivity index (χ2v) is 21.3. The van der Waals surface area contributed by atoms with Gasteiger partial charge in [-0.25, -0.2) is 0 Å². The van der Waals surface area contributed by atoms with Crippen molar-refractivity contribution < 1.29 is 0 Å². The number of fused-ring (bicyclic) bond motifs is 12. The van der Waals surface area contributed by atoms with Gasteiger partial charge in [0.25, 0.3) is 0 Å². The van der Waals surface area contributed by atoms with E-state index in [1.54, 1.807) is 0 Å². The molecule has 0 saturated heterocycles. The minimum absolute atomic E-state index is 1.06. The van der Waals surface area contributed by atoms with Gasteiger partial charge < -0.3 is 28.4 Å². The fraction of sp³-hybridized carbons (Fsp3) is 0. The van der Waals surface area contributed by atoms with Gasteiger partial charge in [-0.15, -0.1) is 0 Å². The van der Waals surface area contributed by atoms with E-state index >= 15 is 0 Å². The first kappa shape index (κ1) is 48.6. The van der Waals surface area contributed by atoms with Gasteiger partial charge in [0, 0.05) is 101 Å². The molecule has 13 aromatic carbocycles. The van der Waals surface area contributed by atoms with Crippen molar-refractivity contribution >= 4 is 117 Å². The summed E-state index contributed by atoms with van der Waals surface area (Å²) in [5.41, 5.74) is 19.6. The topological polar surface area (TPSA) is 24.5 Å². The maximum atomic E-state index is 2.55. The normalized spacial score (nSPS) is 11.6. The fourth-order valence-corrected chi connectivity index (χ4v) is 13.0. The number of aromatic nitrogens is 3. The molecule has 0 unspecified atom stereocenters. The first-order valence-corrected chi connectivity index (χ1v) is 28.7. The first-order valence-electron chi connectivity index (χ1n) is 28.7. The average molecular weight is 1080 g/mol. The number of hydrogen-bond acceptors (Lipinski definition) is 3. The minimum Gasteiger partial charge on any atom is -0.310 e. The van der Waals surface area contributed by atoms with Crippen LogP contribution < -0.4 is 14.7 Å². The summed E-state index contributed by atoms with van der Waals surface area (Å²) < 4.78 is 7.64. The van der Waals surface area contributed by atoms with Crippen molar-refractivity contribution in [2.45, 2.75) is 0 Å². The van der Waals surface area contributed by atoms with Crippen LogP contribution in [0.5, 0.6) is 0 Å². The summed E-state index contributed by atoms with van der Waals surface area (Å²) in [5, 5.41) is 6.88. The second-order valence-electron chi connectivity index (χ2n) is 21.3. The molecule has 6 heteroatoms. The smallest absolute Gasteiger partial charge is 0.0663 e. The Balaban J connectivity index is 1.16. The summed E-state index contributed by atoms with van der Waals surface area (Å²) in [6.45, 7) is 0. The van der Waals surface area contributed by atoms with Crippen LogP contribution in [0.15, 0.2) is 328 Å². The lowest BCUT2D eigenvalue weighted by Crippen LogP contribution is -2.09. The van der Waals surface area contributed by atoms with Crippen molar-refractivity contribution in [1.29, 1.82) is 0 Å². The predicted octanol–water partition coefficient (Wildman–Crippen LogP) is 21.4. The molecule has 6 nitrogen and oxygen atoms in total. The first-order chi connectivity index (χ1) is 41.7. The van der Waals surface area contributed by atoms with Gasteiger partial charge in [-0.05, 0) is 164 Å². The summed E-state index contributed by atoms with van der Waals surface area (Å²) in [4.78, 5) is 7.16. The third-order valence-corrected chi connectivity index (χ3v) is 16.5. The zero-order chi connectivity index (χ0) is 55.5. The maximum Gasteiger partial charge on any atom is 0.0663 e. The number of benzene rings is 13. The van der Waals surface area contributed by atoms with Crippen LogP contribution in [0, 0.1) is 0 Å². The van der Waals surface area contributed by atoms with E-state index in [2.05, 4.69) is 356 Å². The molecule has 0 radical (unpaired) electrons. The summed E-state index contributed by atoms with van der Waals surface area (Å²) in [7, 11) is 0. The summed E-state index contributed by atoms with van der Waals surface area (Å²) in [6.07, 6.45) is 0. The molecule has 0 bridgehead atoms. The van der Waals surface area contributed by atoms with Crippen molar-refractivity contribution in [2.24, 2.45) is 0 Å². The van der Waals surface area contributed by atoms with Crippen molar-refractivity contribution in [3.05, 3.63) is 328 Å². The molecular weight excluding hydrogens is 1020 g/mol. The van der Waals surface area contributed by atoms with Crippen molar-refractivity contribution in [3.63, 3.8) is 0 Å². The van der Waals surface area contributed by atoms with Gasteiger partial charge in [-0.1, -0.05) is 164 Å². The molecule has 0 N–H and O–H groups in total. The Morgan fingerprint density at radius 2 is 0.369 bits per heavy atom. The Morgan fingerprint density at radius 1 is 0.179 bits per heavy atom. The highest BCUT2D eigenvalue weighted by atomic mass is 15.2. The third-order valence-electron chi connectivity index (χ3n) is 16.5. The molecule has 0 spiro atoms. The Bertz CT molecular complexity index is 4370. The third kappa shape index (κ3) is 7.95. The highest BCUT2D eigenvalue weighted by Gasteiger charge is 2.31. The highest BCUT2D eigenvalue weighted by molar-refractivity contribution is 6.41. The molecular formula is C78H54N6. The standard InChI is InChI=1S/C78H54N6/c1-10-28-55(29-11-1)79(56-30-12-2-13-31-56)64-46-49-70-67(52-64)73-76(82(70)61-40-22-7-23-41-61)74-69-54-66(81(59-36-18-5-19-37-59)60-38-20-6-21-39-60)48-51-72(69)84(63-44-26-9-27-45-63)78(74)75-68-53-65(47-50-71(68)83(77(73)75)62-42-24-8-25-43-62)80(57-32-14-3-15-33-57)58-34-16-4-17-35-58/h1-54H. The van der Waals surface area contributed by atoms with E-state index in [-0.39, 0.29) is 0 Å². The zero-order valence-corrected chi connectivity index (χ0v) is 45.9. The summed E-state index contributed by atoms with van der Waals surface area (Å²) in [6, 6.07) is 119. The van der Waals surface area contributed by atoms with Gasteiger partial charge in [-0.3, -0.25) is 0 Å². The number of para-hydroxylation sites is 9. The van der Waals surface area contributed by atoms with Gasteiger partial charge in [0.15, 0.2) is 0 Å². The van der Waals surface area contributed by atoms with Gasteiger partial charge in [-0.2, -0.15) is 0 Å². The molecule has 0 aliphatic rings. The number of anilines is 9. The van der Waals surface area contributed by atoms with Crippen LogP contribution in [0.3, 0.4) is 0 Å². The molecule has 0 amide bonds. The molecule has 16 aromatic rings. The zero-order valence-electron chi connectivity index (χ0n) is 45.9. The summed E-state index contributed by atoms with van der Waals surface area (Å²) in [5.74, 6) is 0. The molecule has 396 valence electrons. The number of nitrogens with zero attached hydrogens (tertiary/aromatic N) is 6. The lowest BCUT2D eigenvalue weighted by Gasteiger charge is -2.25. The molecule has 0 atom stereocenters. The van der Waals surface area contributed by atoms with E-state index in [1.165, 1.54) is 0 Å². The molecule has 0 aliphatic carbocycles. The van der Waals surface area contributed by atoms with E-state index in [4.69, 9.17) is 0 Å². The van der Waals surface area contributed by atoms with Gasteiger partial charge in [0.05, 0.1) is 33.1 Å². The monoisotopic (exact) mass is 1070 g/mol.